The zero-order chi connectivity index (χ0) is 12.0. The van der Waals surface area contributed by atoms with Gasteiger partial charge in [0.2, 0.25) is 0 Å². The highest BCUT2D eigenvalue weighted by Crippen LogP contribution is 2.21. The zero-order valence-electron chi connectivity index (χ0n) is 9.89. The van der Waals surface area contributed by atoms with E-state index in [4.69, 9.17) is 10.5 Å². The summed E-state index contributed by atoms with van der Waals surface area (Å²) in [7, 11) is 0. The van der Waals surface area contributed by atoms with Crippen LogP contribution in [-0.4, -0.2) is 5.97 Å². The van der Waals surface area contributed by atoms with Gasteiger partial charge in [0, 0.05) is 13.0 Å². The van der Waals surface area contributed by atoms with Crippen LogP contribution in [0.4, 0.5) is 0 Å². The summed E-state index contributed by atoms with van der Waals surface area (Å²) in [6.07, 6.45) is 3.56. The Morgan fingerprint density at radius 1 is 1.59 bits per heavy atom. The lowest BCUT2D eigenvalue weighted by atomic mass is 10.0. The van der Waals surface area contributed by atoms with Gasteiger partial charge in [-0.25, -0.2) is 0 Å². The summed E-state index contributed by atoms with van der Waals surface area (Å²) in [4.78, 5) is 10.8. The molecule has 1 atom stereocenters. The van der Waals surface area contributed by atoms with E-state index < -0.39 is 0 Å². The number of carbonyl (C=O) groups is 1. The van der Waals surface area contributed by atoms with Gasteiger partial charge in [-0.3, -0.25) is 4.79 Å². The number of esters is 1. The Balaban J connectivity index is 0.00000256. The van der Waals surface area contributed by atoms with Gasteiger partial charge in [-0.1, -0.05) is 18.2 Å². The summed E-state index contributed by atoms with van der Waals surface area (Å²) in [6.45, 7) is 5.04. The highest BCUT2D eigenvalue weighted by molar-refractivity contribution is 5.85. The van der Waals surface area contributed by atoms with Gasteiger partial charge in [0.25, 0.3) is 0 Å². The second kappa shape index (κ2) is 7.87. The van der Waals surface area contributed by atoms with Gasteiger partial charge in [0.1, 0.15) is 5.75 Å². The van der Waals surface area contributed by atoms with Crippen molar-refractivity contribution in [2.24, 2.45) is 5.73 Å². The molecule has 0 bridgehead atoms. The molecule has 0 aliphatic rings. The fourth-order valence-electron chi connectivity index (χ4n) is 1.44. The maximum Gasteiger partial charge on any atom is 0.308 e. The molecule has 3 nitrogen and oxygen atoms in total. The van der Waals surface area contributed by atoms with E-state index in [2.05, 4.69) is 6.58 Å². The van der Waals surface area contributed by atoms with E-state index in [0.717, 1.165) is 18.4 Å². The van der Waals surface area contributed by atoms with Gasteiger partial charge in [-0.2, -0.15) is 0 Å². The molecule has 0 aliphatic carbocycles. The first kappa shape index (κ1) is 15.7. The van der Waals surface area contributed by atoms with Gasteiger partial charge in [0.05, 0.1) is 0 Å². The number of benzene rings is 1. The third-order valence-electron chi connectivity index (χ3n) is 2.23. The van der Waals surface area contributed by atoms with Crippen LogP contribution in [0, 0.1) is 0 Å². The summed E-state index contributed by atoms with van der Waals surface area (Å²) in [5.74, 6) is 0.218. The predicted octanol–water partition coefficient (Wildman–Crippen LogP) is 3.00. The van der Waals surface area contributed by atoms with E-state index in [9.17, 15) is 4.79 Å². The van der Waals surface area contributed by atoms with Gasteiger partial charge < -0.3 is 10.5 Å². The molecule has 0 amide bonds. The Kier molecular flexibility index (Phi) is 7.26. The Hall–Kier alpha value is -1.32. The van der Waals surface area contributed by atoms with Crippen molar-refractivity contribution in [2.75, 3.05) is 0 Å². The molecule has 0 radical (unpaired) electrons. The van der Waals surface area contributed by atoms with Crippen molar-refractivity contribution < 1.29 is 9.53 Å². The molecule has 0 aliphatic heterocycles. The fraction of sp³-hybridized carbons (Fsp3) is 0.308. The highest BCUT2D eigenvalue weighted by atomic mass is 35.5. The van der Waals surface area contributed by atoms with Crippen LogP contribution in [0.15, 0.2) is 36.9 Å². The minimum absolute atomic E-state index is 0. The normalized spacial score (nSPS) is 11.2. The Morgan fingerprint density at radius 2 is 2.29 bits per heavy atom. The quantitative estimate of drug-likeness (QED) is 0.500. The molecule has 1 aromatic rings. The van der Waals surface area contributed by atoms with E-state index in [1.165, 1.54) is 6.92 Å². The maximum atomic E-state index is 10.8. The van der Waals surface area contributed by atoms with Crippen LogP contribution in [0.2, 0.25) is 0 Å². The second-order valence-electron chi connectivity index (χ2n) is 3.64. The Labute approximate surface area is 108 Å². The Morgan fingerprint density at radius 3 is 2.88 bits per heavy atom. The minimum Gasteiger partial charge on any atom is -0.427 e. The maximum absolute atomic E-state index is 10.8. The SMILES string of the molecule is C=CCC[C@H](N)c1cccc(OC(C)=O)c1.Cl. The molecule has 0 spiro atoms. The molecule has 0 heterocycles. The fourth-order valence-corrected chi connectivity index (χ4v) is 1.44. The average molecular weight is 256 g/mol. The van der Waals surface area contributed by atoms with Gasteiger partial charge in [0.15, 0.2) is 0 Å². The zero-order valence-corrected chi connectivity index (χ0v) is 10.7. The van der Waals surface area contributed by atoms with E-state index in [1.807, 2.05) is 18.2 Å². The number of hydrogen-bond donors (Lipinski definition) is 1. The van der Waals surface area contributed by atoms with Crippen molar-refractivity contribution in [1.29, 1.82) is 0 Å². The van der Waals surface area contributed by atoms with Crippen molar-refractivity contribution in [3.63, 3.8) is 0 Å². The molecule has 17 heavy (non-hydrogen) atoms. The molecule has 1 aromatic carbocycles. The summed E-state index contributed by atoms with van der Waals surface area (Å²) in [5, 5.41) is 0. The molecule has 94 valence electrons. The van der Waals surface area contributed by atoms with Crippen molar-refractivity contribution in [1.82, 2.24) is 0 Å². The van der Waals surface area contributed by atoms with Crippen molar-refractivity contribution in [3.8, 4) is 5.75 Å². The second-order valence-corrected chi connectivity index (χ2v) is 3.64. The Bertz CT molecular complexity index is 379. The van der Waals surface area contributed by atoms with Crippen LogP contribution in [0.5, 0.6) is 5.75 Å². The van der Waals surface area contributed by atoms with Crippen LogP contribution in [-0.2, 0) is 4.79 Å². The van der Waals surface area contributed by atoms with Crippen LogP contribution < -0.4 is 10.5 Å². The van der Waals surface area contributed by atoms with Gasteiger partial charge in [-0.05, 0) is 30.5 Å². The van der Waals surface area contributed by atoms with Crippen LogP contribution in [0.25, 0.3) is 0 Å². The number of halogens is 1. The van der Waals surface area contributed by atoms with E-state index in [0.29, 0.717) is 5.75 Å². The minimum atomic E-state index is -0.322. The standard InChI is InChI=1S/C13H17NO2.ClH/c1-3-4-8-13(14)11-6-5-7-12(9-11)16-10(2)15;/h3,5-7,9,13H,1,4,8,14H2,2H3;1H/t13-;/m0./s1. The first-order valence-corrected chi connectivity index (χ1v) is 5.28. The third-order valence-corrected chi connectivity index (χ3v) is 2.23. The molecule has 0 aromatic heterocycles. The smallest absolute Gasteiger partial charge is 0.308 e. The van der Waals surface area contributed by atoms with E-state index in [1.54, 1.807) is 12.1 Å². The van der Waals surface area contributed by atoms with Crippen LogP contribution >= 0.6 is 12.4 Å². The highest BCUT2D eigenvalue weighted by Gasteiger charge is 2.06. The topological polar surface area (TPSA) is 52.3 Å². The summed E-state index contributed by atoms with van der Waals surface area (Å²) in [6, 6.07) is 7.26. The largest absolute Gasteiger partial charge is 0.427 e. The number of rotatable bonds is 5. The summed E-state index contributed by atoms with van der Waals surface area (Å²) >= 11 is 0. The van der Waals surface area contributed by atoms with Gasteiger partial charge >= 0.3 is 5.97 Å². The lowest BCUT2D eigenvalue weighted by Gasteiger charge is -2.11. The predicted molar refractivity (Wildman–Crippen MR) is 71.4 cm³/mol. The van der Waals surface area contributed by atoms with Crippen molar-refractivity contribution in [3.05, 3.63) is 42.5 Å². The number of hydrogen-bond acceptors (Lipinski definition) is 3. The number of carbonyl (C=O) groups excluding carboxylic acids is 1. The lowest BCUT2D eigenvalue weighted by Crippen LogP contribution is -2.10. The summed E-state index contributed by atoms with van der Waals surface area (Å²) in [5.41, 5.74) is 6.97. The third kappa shape index (κ3) is 5.52. The molecule has 0 saturated carbocycles. The first-order valence-electron chi connectivity index (χ1n) is 5.28. The monoisotopic (exact) mass is 255 g/mol. The van der Waals surface area contributed by atoms with E-state index >= 15 is 0 Å². The van der Waals surface area contributed by atoms with Crippen LogP contribution in [0.1, 0.15) is 31.4 Å². The molecule has 0 unspecified atom stereocenters. The molecule has 0 fully saturated rings. The summed E-state index contributed by atoms with van der Waals surface area (Å²) < 4.78 is 4.99. The molecular weight excluding hydrogens is 238 g/mol. The molecule has 2 N–H and O–H groups in total. The number of allylic oxidation sites excluding steroid dienone is 1. The average Bonchev–Trinajstić information content (AvgIpc) is 2.25. The lowest BCUT2D eigenvalue weighted by molar-refractivity contribution is -0.131. The van der Waals surface area contributed by atoms with Gasteiger partial charge in [-0.15, -0.1) is 19.0 Å². The molecule has 4 heteroatoms. The molecule has 1 rings (SSSR count). The van der Waals surface area contributed by atoms with Crippen LogP contribution in [0.3, 0.4) is 0 Å². The van der Waals surface area contributed by atoms with Crippen molar-refractivity contribution in [2.45, 2.75) is 25.8 Å². The molecule has 0 saturated heterocycles. The van der Waals surface area contributed by atoms with E-state index in [-0.39, 0.29) is 24.4 Å². The van der Waals surface area contributed by atoms with Crippen molar-refractivity contribution >= 4 is 18.4 Å². The first-order chi connectivity index (χ1) is 7.63. The number of nitrogens with two attached hydrogens (primary N) is 1. The molecular formula is C13H18ClNO2. The number of ether oxygens (including phenoxy) is 1.